The van der Waals surface area contributed by atoms with Gasteiger partial charge in [-0.15, -0.1) is 0 Å². The first-order valence-corrected chi connectivity index (χ1v) is 10.3. The molecule has 7 atom stereocenters. The molecule has 1 aliphatic heterocycles. The van der Waals surface area contributed by atoms with Crippen LogP contribution in [0.5, 0.6) is 0 Å². The van der Waals surface area contributed by atoms with Gasteiger partial charge in [0.05, 0.1) is 19.3 Å². The van der Waals surface area contributed by atoms with E-state index in [-0.39, 0.29) is 30.8 Å². The van der Waals surface area contributed by atoms with E-state index in [1.807, 2.05) is 0 Å². The van der Waals surface area contributed by atoms with E-state index in [0.29, 0.717) is 31.3 Å². The maximum atomic E-state index is 13.2. The van der Waals surface area contributed by atoms with Crippen LogP contribution < -0.4 is 0 Å². The van der Waals surface area contributed by atoms with Gasteiger partial charge in [0.15, 0.2) is 5.78 Å². The van der Waals surface area contributed by atoms with Crippen molar-refractivity contribution in [2.24, 2.45) is 34.0 Å². The highest BCUT2D eigenvalue weighted by Gasteiger charge is 2.73. The fraction of sp³-hybridized carbons (Fsp3) is 0.727. The molecule has 0 aromatic heterocycles. The molecule has 0 radical (unpaired) electrons. The normalized spacial score (nSPS) is 46.2. The van der Waals surface area contributed by atoms with Gasteiger partial charge in [0.1, 0.15) is 11.7 Å². The molecular formula is C22H28O7. The number of fused-ring (bicyclic) bond motifs is 2. The topological polar surface area (TPSA) is 107 Å². The van der Waals surface area contributed by atoms with Gasteiger partial charge in [0.2, 0.25) is 0 Å². The van der Waals surface area contributed by atoms with Gasteiger partial charge in [0.25, 0.3) is 0 Å². The van der Waals surface area contributed by atoms with E-state index in [0.717, 1.165) is 12.7 Å². The highest BCUT2D eigenvalue weighted by atomic mass is 16.5. The number of ether oxygens (including phenoxy) is 2. The first kappa shape index (κ1) is 20.3. The van der Waals surface area contributed by atoms with E-state index >= 15 is 0 Å². The van der Waals surface area contributed by atoms with Crippen LogP contribution in [0.3, 0.4) is 0 Å². The number of carbonyl (C=O) groups is 4. The minimum atomic E-state index is -1.27. The van der Waals surface area contributed by atoms with Crippen molar-refractivity contribution in [1.82, 2.24) is 0 Å². The largest absolute Gasteiger partial charge is 0.465 e. The number of allylic oxidation sites excluding steroid dienone is 1. The third-order valence-electron chi connectivity index (χ3n) is 8.38. The van der Waals surface area contributed by atoms with Gasteiger partial charge in [-0.2, -0.15) is 0 Å². The molecule has 7 nitrogen and oxygen atoms in total. The fourth-order valence-electron chi connectivity index (χ4n) is 6.83. The first-order valence-electron chi connectivity index (χ1n) is 10.3. The highest BCUT2D eigenvalue weighted by Crippen LogP contribution is 2.67. The van der Waals surface area contributed by atoms with Crippen LogP contribution in [0.2, 0.25) is 0 Å². The number of aliphatic hydroxyl groups is 1. The smallest absolute Gasteiger partial charge is 0.320 e. The van der Waals surface area contributed by atoms with Crippen molar-refractivity contribution >= 4 is 24.0 Å². The van der Waals surface area contributed by atoms with Crippen molar-refractivity contribution in [2.45, 2.75) is 52.1 Å². The molecule has 158 valence electrons. The number of carbonyl (C=O) groups excluding carboxylic acids is 4. The fourth-order valence-corrected chi connectivity index (χ4v) is 6.83. The lowest BCUT2D eigenvalue weighted by atomic mass is 9.44. The average molecular weight is 404 g/mol. The number of Topliss-reactive ketones (excluding diaryl/α,β-unsaturated/α-hetero) is 1. The van der Waals surface area contributed by atoms with Gasteiger partial charge in [0, 0.05) is 23.7 Å². The van der Waals surface area contributed by atoms with Crippen molar-refractivity contribution in [1.29, 1.82) is 0 Å². The summed E-state index contributed by atoms with van der Waals surface area (Å²) in [6.45, 7) is 6.89. The van der Waals surface area contributed by atoms with Gasteiger partial charge in [-0.3, -0.25) is 14.4 Å². The Labute approximate surface area is 169 Å². The molecule has 0 amide bonds. The predicted molar refractivity (Wildman–Crippen MR) is 100 cm³/mol. The van der Waals surface area contributed by atoms with E-state index in [2.05, 4.69) is 6.58 Å². The van der Waals surface area contributed by atoms with Gasteiger partial charge in [-0.05, 0) is 49.5 Å². The maximum Gasteiger partial charge on any atom is 0.320 e. The summed E-state index contributed by atoms with van der Waals surface area (Å²) < 4.78 is 10.8. The van der Waals surface area contributed by atoms with Crippen molar-refractivity contribution in [3.05, 3.63) is 12.2 Å². The monoisotopic (exact) mass is 404 g/mol. The quantitative estimate of drug-likeness (QED) is 0.330. The Morgan fingerprint density at radius 1 is 1.34 bits per heavy atom. The Kier molecular flexibility index (Phi) is 4.53. The molecule has 4 rings (SSSR count). The lowest BCUT2D eigenvalue weighted by molar-refractivity contribution is -0.226. The summed E-state index contributed by atoms with van der Waals surface area (Å²) in [5.74, 6) is -2.31. The molecule has 0 aromatic carbocycles. The van der Waals surface area contributed by atoms with Gasteiger partial charge < -0.3 is 19.4 Å². The lowest BCUT2D eigenvalue weighted by Gasteiger charge is -2.61. The second-order valence-electron chi connectivity index (χ2n) is 9.62. The SMILES string of the molecule is C=C1C(=O)[C@]23C[C@H]1CC[C@H]2[C@@]1(CC[C@H](O)[C@@](C)(COC(C)=O)[C@H]1C=O)COC3=O. The maximum absolute atomic E-state index is 13.2. The molecule has 0 unspecified atom stereocenters. The van der Waals surface area contributed by atoms with Crippen LogP contribution in [0.25, 0.3) is 0 Å². The number of esters is 2. The number of hydrogen-bond acceptors (Lipinski definition) is 7. The first-order chi connectivity index (χ1) is 13.6. The average Bonchev–Trinajstić information content (AvgIpc) is 2.88. The summed E-state index contributed by atoms with van der Waals surface area (Å²) in [6, 6.07) is 0. The molecule has 3 saturated carbocycles. The Morgan fingerprint density at radius 3 is 2.72 bits per heavy atom. The molecule has 1 heterocycles. The molecule has 4 aliphatic rings. The second-order valence-corrected chi connectivity index (χ2v) is 9.62. The van der Waals surface area contributed by atoms with Crippen molar-refractivity contribution < 1.29 is 33.8 Å². The van der Waals surface area contributed by atoms with Crippen molar-refractivity contribution in [3.63, 3.8) is 0 Å². The van der Waals surface area contributed by atoms with Crippen LogP contribution in [-0.2, 0) is 28.7 Å². The summed E-state index contributed by atoms with van der Waals surface area (Å²) in [5, 5.41) is 10.8. The van der Waals surface area contributed by atoms with Crippen LogP contribution in [-0.4, -0.2) is 48.4 Å². The number of aldehydes is 1. The van der Waals surface area contributed by atoms with Crippen LogP contribution in [0.4, 0.5) is 0 Å². The van der Waals surface area contributed by atoms with E-state index in [1.165, 1.54) is 6.92 Å². The summed E-state index contributed by atoms with van der Waals surface area (Å²) in [4.78, 5) is 50.0. The Hall–Kier alpha value is -2.02. The van der Waals surface area contributed by atoms with E-state index in [4.69, 9.17) is 9.47 Å². The van der Waals surface area contributed by atoms with Crippen molar-refractivity contribution in [2.75, 3.05) is 13.2 Å². The molecule has 29 heavy (non-hydrogen) atoms. The van der Waals surface area contributed by atoms with Crippen LogP contribution in [0.1, 0.15) is 46.0 Å². The number of aliphatic hydroxyl groups excluding tert-OH is 1. The third-order valence-corrected chi connectivity index (χ3v) is 8.38. The van der Waals surface area contributed by atoms with Crippen LogP contribution in [0, 0.1) is 34.0 Å². The predicted octanol–water partition coefficient (Wildman–Crippen LogP) is 1.61. The molecule has 2 spiro atoms. The zero-order chi connectivity index (χ0) is 21.2. The highest BCUT2D eigenvalue weighted by molar-refractivity contribution is 6.15. The molecule has 0 aromatic rings. The number of ketones is 1. The van der Waals surface area contributed by atoms with Crippen LogP contribution in [0.15, 0.2) is 12.2 Å². The molecule has 4 fully saturated rings. The molecule has 3 aliphatic carbocycles. The van der Waals surface area contributed by atoms with E-state index in [9.17, 15) is 24.3 Å². The molecule has 1 N–H and O–H groups in total. The van der Waals surface area contributed by atoms with E-state index < -0.39 is 40.2 Å². The van der Waals surface area contributed by atoms with Gasteiger partial charge in [-0.1, -0.05) is 13.5 Å². The standard InChI is InChI=1S/C22H28O7/c1-12-14-4-5-15-21(11-29-19(27)22(15,8-14)18(12)26)7-6-17(25)20(3,16(21)9-23)10-28-13(2)24/h9,14-17,25H,1,4-8,10-11H2,2-3H3/t14-,15+,16-,17+,20+,21-,22+/m1/s1. The number of rotatable bonds is 3. The molecule has 1 saturated heterocycles. The summed E-state index contributed by atoms with van der Waals surface area (Å²) in [7, 11) is 0. The minimum absolute atomic E-state index is 0.0160. The zero-order valence-corrected chi connectivity index (χ0v) is 16.9. The van der Waals surface area contributed by atoms with E-state index in [1.54, 1.807) is 6.92 Å². The number of cyclic esters (lactones) is 1. The summed E-state index contributed by atoms with van der Waals surface area (Å²) in [6.07, 6.45) is 2.59. The lowest BCUT2D eigenvalue weighted by Crippen LogP contribution is -2.66. The molecular weight excluding hydrogens is 376 g/mol. The molecule has 7 heteroatoms. The van der Waals surface area contributed by atoms with Gasteiger partial charge in [-0.25, -0.2) is 0 Å². The number of hydrogen-bond donors (Lipinski definition) is 1. The molecule has 2 bridgehead atoms. The van der Waals surface area contributed by atoms with Crippen molar-refractivity contribution in [3.8, 4) is 0 Å². The minimum Gasteiger partial charge on any atom is -0.465 e. The second kappa shape index (κ2) is 6.49. The summed E-state index contributed by atoms with van der Waals surface area (Å²) >= 11 is 0. The summed E-state index contributed by atoms with van der Waals surface area (Å²) in [5.41, 5.74) is -2.58. The zero-order valence-electron chi connectivity index (χ0n) is 16.9. The Balaban J connectivity index is 1.81. The third kappa shape index (κ3) is 2.46. The van der Waals surface area contributed by atoms with Crippen LogP contribution >= 0.6 is 0 Å². The Morgan fingerprint density at radius 2 is 2.07 bits per heavy atom. The Bertz CT molecular complexity index is 803. The van der Waals surface area contributed by atoms with Gasteiger partial charge >= 0.3 is 11.9 Å².